The molecule has 1 aromatic rings. The summed E-state index contributed by atoms with van der Waals surface area (Å²) in [6.07, 6.45) is -0.140. The highest BCUT2D eigenvalue weighted by Gasteiger charge is 2.29. The van der Waals surface area contributed by atoms with E-state index in [1.54, 1.807) is 17.0 Å². The van der Waals surface area contributed by atoms with Crippen LogP contribution in [0.5, 0.6) is 0 Å². The molecule has 1 aliphatic heterocycles. The van der Waals surface area contributed by atoms with Crippen LogP contribution >= 0.6 is 39.1 Å². The highest BCUT2D eigenvalue weighted by Crippen LogP contribution is 2.24. The van der Waals surface area contributed by atoms with Gasteiger partial charge in [0.25, 0.3) is 5.91 Å². The Morgan fingerprint density at radius 1 is 1.53 bits per heavy atom. The third-order valence-electron chi connectivity index (χ3n) is 2.95. The molecule has 1 fully saturated rings. The molecule has 19 heavy (non-hydrogen) atoms. The van der Waals surface area contributed by atoms with E-state index in [1.165, 1.54) is 0 Å². The number of hydrogen-bond donors (Lipinski definition) is 0. The van der Waals surface area contributed by atoms with E-state index in [1.807, 2.05) is 13.0 Å². The molecule has 0 N–H and O–H groups in total. The average molecular weight is 367 g/mol. The predicted octanol–water partition coefficient (Wildman–Crippen LogP) is 3.57. The Bertz CT molecular complexity index is 484. The second-order valence-corrected chi connectivity index (χ2v) is 6.19. The molecule has 0 spiro atoms. The van der Waals surface area contributed by atoms with Crippen molar-refractivity contribution in [3.05, 3.63) is 33.3 Å². The van der Waals surface area contributed by atoms with Gasteiger partial charge < -0.3 is 9.64 Å². The van der Waals surface area contributed by atoms with Crippen LogP contribution in [-0.2, 0) is 4.74 Å². The lowest BCUT2D eigenvalue weighted by molar-refractivity contribution is -0.0570. The maximum atomic E-state index is 12.5. The normalized spacial score (nSPS) is 23.5. The topological polar surface area (TPSA) is 29.5 Å². The molecule has 1 heterocycles. The molecular formula is C13H14BrCl2NO2. The van der Waals surface area contributed by atoms with Crippen LogP contribution in [0.1, 0.15) is 17.3 Å². The van der Waals surface area contributed by atoms with Crippen LogP contribution in [0.2, 0.25) is 5.02 Å². The zero-order chi connectivity index (χ0) is 14.0. The van der Waals surface area contributed by atoms with Crippen molar-refractivity contribution in [1.82, 2.24) is 4.90 Å². The van der Waals surface area contributed by atoms with Gasteiger partial charge in [-0.3, -0.25) is 4.79 Å². The third kappa shape index (κ3) is 3.63. The van der Waals surface area contributed by atoms with Gasteiger partial charge in [-0.25, -0.2) is 0 Å². The fourth-order valence-electron chi connectivity index (χ4n) is 2.13. The van der Waals surface area contributed by atoms with Gasteiger partial charge in [-0.05, 0) is 25.1 Å². The van der Waals surface area contributed by atoms with Crippen molar-refractivity contribution in [3.63, 3.8) is 0 Å². The number of halogens is 3. The Morgan fingerprint density at radius 2 is 2.26 bits per heavy atom. The van der Waals surface area contributed by atoms with Crippen molar-refractivity contribution in [1.29, 1.82) is 0 Å². The van der Waals surface area contributed by atoms with Crippen molar-refractivity contribution >= 4 is 45.0 Å². The number of benzene rings is 1. The molecule has 1 amide bonds. The Balaban J connectivity index is 2.18. The first-order chi connectivity index (χ1) is 9.01. The molecule has 1 saturated heterocycles. The second kappa shape index (κ2) is 6.44. The predicted molar refractivity (Wildman–Crippen MR) is 80.1 cm³/mol. The number of ether oxygens (including phenoxy) is 1. The molecule has 0 aromatic heterocycles. The molecule has 0 radical (unpaired) electrons. The number of amides is 1. The Labute approximate surface area is 130 Å². The summed E-state index contributed by atoms with van der Waals surface area (Å²) in [5, 5.41) is 0.445. The van der Waals surface area contributed by atoms with Crippen LogP contribution < -0.4 is 0 Å². The summed E-state index contributed by atoms with van der Waals surface area (Å²) in [6, 6.07) is 5.25. The summed E-state index contributed by atoms with van der Waals surface area (Å²) in [5.41, 5.74) is 0.507. The molecule has 0 aliphatic carbocycles. The Morgan fingerprint density at radius 3 is 2.89 bits per heavy atom. The molecule has 104 valence electrons. The first kappa shape index (κ1) is 15.1. The molecule has 0 saturated carbocycles. The van der Waals surface area contributed by atoms with Gasteiger partial charge in [-0.15, -0.1) is 11.6 Å². The van der Waals surface area contributed by atoms with E-state index in [0.29, 0.717) is 29.6 Å². The third-order valence-corrected chi connectivity index (χ3v) is 4.10. The zero-order valence-corrected chi connectivity index (χ0v) is 13.5. The fraction of sp³-hybridized carbons (Fsp3) is 0.462. The lowest BCUT2D eigenvalue weighted by atomic mass is 10.1. The van der Waals surface area contributed by atoms with Gasteiger partial charge >= 0.3 is 0 Å². The lowest BCUT2D eigenvalue weighted by Crippen LogP contribution is -2.49. The van der Waals surface area contributed by atoms with Gasteiger partial charge in [0.2, 0.25) is 0 Å². The van der Waals surface area contributed by atoms with Crippen LogP contribution in [0.25, 0.3) is 0 Å². The van der Waals surface area contributed by atoms with Crippen molar-refractivity contribution in [2.45, 2.75) is 19.1 Å². The lowest BCUT2D eigenvalue weighted by Gasteiger charge is -2.36. The Hall–Kier alpha value is -0.290. The quantitative estimate of drug-likeness (QED) is 0.749. The first-order valence-corrected chi connectivity index (χ1v) is 7.67. The highest BCUT2D eigenvalue weighted by atomic mass is 79.9. The maximum Gasteiger partial charge on any atom is 0.255 e. The largest absolute Gasteiger partial charge is 0.370 e. The summed E-state index contributed by atoms with van der Waals surface area (Å²) >= 11 is 15.3. The average Bonchev–Trinajstić information content (AvgIpc) is 2.37. The van der Waals surface area contributed by atoms with Gasteiger partial charge in [-0.1, -0.05) is 27.5 Å². The highest BCUT2D eigenvalue weighted by molar-refractivity contribution is 9.10. The van der Waals surface area contributed by atoms with E-state index in [-0.39, 0.29) is 18.1 Å². The van der Waals surface area contributed by atoms with Gasteiger partial charge in [0.15, 0.2) is 0 Å². The molecule has 2 atom stereocenters. The minimum atomic E-state index is -0.122. The monoisotopic (exact) mass is 365 g/mol. The molecule has 1 aliphatic rings. The number of nitrogens with zero attached hydrogens (tertiary/aromatic N) is 1. The Kier molecular flexibility index (Phi) is 5.12. The minimum absolute atomic E-state index is 0.0179. The summed E-state index contributed by atoms with van der Waals surface area (Å²) in [6.45, 7) is 2.99. The number of hydrogen-bond acceptors (Lipinski definition) is 2. The summed E-state index contributed by atoms with van der Waals surface area (Å²) < 4.78 is 6.48. The van der Waals surface area contributed by atoms with Crippen LogP contribution in [0.15, 0.2) is 22.7 Å². The van der Waals surface area contributed by atoms with E-state index in [0.717, 1.165) is 4.47 Å². The SMILES string of the molecule is CC1CN(C(=O)c2ccc(Br)cc2Cl)CC(CCl)O1. The van der Waals surface area contributed by atoms with E-state index in [9.17, 15) is 4.79 Å². The standard InChI is InChI=1S/C13H14BrCl2NO2/c1-8-6-17(7-10(5-15)19-8)13(18)11-3-2-9(14)4-12(11)16/h2-4,8,10H,5-7H2,1H3. The van der Waals surface area contributed by atoms with Crippen LogP contribution in [-0.4, -0.2) is 42.0 Å². The number of morpholine rings is 1. The van der Waals surface area contributed by atoms with Crippen molar-refractivity contribution in [2.75, 3.05) is 19.0 Å². The molecule has 6 heteroatoms. The smallest absolute Gasteiger partial charge is 0.255 e. The van der Waals surface area contributed by atoms with E-state index < -0.39 is 0 Å². The summed E-state index contributed by atoms with van der Waals surface area (Å²) in [4.78, 5) is 14.2. The number of carbonyl (C=O) groups excluding carboxylic acids is 1. The van der Waals surface area contributed by atoms with E-state index in [4.69, 9.17) is 27.9 Å². The van der Waals surface area contributed by atoms with Crippen molar-refractivity contribution < 1.29 is 9.53 Å². The molecule has 2 rings (SSSR count). The summed E-state index contributed by atoms with van der Waals surface area (Å²) in [5.74, 6) is 0.296. The minimum Gasteiger partial charge on any atom is -0.370 e. The molecule has 2 unspecified atom stereocenters. The molecule has 1 aromatic carbocycles. The molecule has 0 bridgehead atoms. The zero-order valence-electron chi connectivity index (χ0n) is 10.4. The van der Waals surface area contributed by atoms with E-state index >= 15 is 0 Å². The van der Waals surface area contributed by atoms with Crippen molar-refractivity contribution in [2.24, 2.45) is 0 Å². The van der Waals surface area contributed by atoms with Crippen molar-refractivity contribution in [3.8, 4) is 0 Å². The molecule has 3 nitrogen and oxygen atoms in total. The first-order valence-electron chi connectivity index (χ1n) is 5.97. The number of alkyl halides is 1. The van der Waals surface area contributed by atoms with E-state index in [2.05, 4.69) is 15.9 Å². The fourth-order valence-corrected chi connectivity index (χ4v) is 3.05. The maximum absolute atomic E-state index is 12.5. The van der Waals surface area contributed by atoms with Gasteiger partial charge in [-0.2, -0.15) is 0 Å². The number of rotatable bonds is 2. The van der Waals surface area contributed by atoms with Gasteiger partial charge in [0.05, 0.1) is 28.7 Å². The summed E-state index contributed by atoms with van der Waals surface area (Å²) in [7, 11) is 0. The van der Waals surface area contributed by atoms with Crippen LogP contribution in [0.4, 0.5) is 0 Å². The number of carbonyl (C=O) groups is 1. The van der Waals surface area contributed by atoms with Gasteiger partial charge in [0, 0.05) is 17.6 Å². The van der Waals surface area contributed by atoms with Crippen LogP contribution in [0, 0.1) is 0 Å². The van der Waals surface area contributed by atoms with Gasteiger partial charge in [0.1, 0.15) is 0 Å². The molecular weight excluding hydrogens is 353 g/mol. The van der Waals surface area contributed by atoms with Crippen LogP contribution in [0.3, 0.4) is 0 Å². The second-order valence-electron chi connectivity index (χ2n) is 4.56.